The summed E-state index contributed by atoms with van der Waals surface area (Å²) < 4.78 is 5.93. The lowest BCUT2D eigenvalue weighted by atomic mass is 10.1. The number of nitrogens with one attached hydrogen (secondary N) is 1. The largest absolute Gasteiger partial charge is 0.488 e. The molecule has 0 fully saturated rings. The maximum atomic E-state index is 5.93. The van der Waals surface area contributed by atoms with E-state index in [4.69, 9.17) is 4.74 Å². The van der Waals surface area contributed by atoms with E-state index < -0.39 is 0 Å². The first-order chi connectivity index (χ1) is 9.58. The van der Waals surface area contributed by atoms with Gasteiger partial charge < -0.3 is 10.1 Å². The molecule has 1 N–H and O–H groups in total. The maximum Gasteiger partial charge on any atom is 0.123 e. The molecule has 0 bridgehead atoms. The van der Waals surface area contributed by atoms with E-state index in [1.54, 1.807) is 0 Å². The van der Waals surface area contributed by atoms with Crippen molar-refractivity contribution in [3.8, 4) is 5.75 Å². The van der Waals surface area contributed by atoms with E-state index in [2.05, 4.69) is 56.1 Å². The standard InChI is InChI=1S/C17H28N2O/c1-13(2)19(14(3)4)10-9-18-12-16-11-15-7-5-6-8-17(15)20-16/h5-8,13-14,16,18H,9-12H2,1-4H3. The summed E-state index contributed by atoms with van der Waals surface area (Å²) in [7, 11) is 0. The average Bonchev–Trinajstić information content (AvgIpc) is 2.80. The number of fused-ring (bicyclic) bond motifs is 1. The summed E-state index contributed by atoms with van der Waals surface area (Å²) in [6.45, 7) is 12.1. The van der Waals surface area contributed by atoms with Crippen LogP contribution in [0.5, 0.6) is 5.75 Å². The third-order valence-corrected chi connectivity index (χ3v) is 3.96. The minimum Gasteiger partial charge on any atom is -0.488 e. The summed E-state index contributed by atoms with van der Waals surface area (Å²) in [5.41, 5.74) is 1.34. The number of hydrogen-bond donors (Lipinski definition) is 1. The van der Waals surface area contributed by atoms with Gasteiger partial charge in [0.15, 0.2) is 0 Å². The van der Waals surface area contributed by atoms with Gasteiger partial charge in [-0.05, 0) is 39.3 Å². The second-order valence-corrected chi connectivity index (χ2v) is 6.18. The monoisotopic (exact) mass is 276 g/mol. The highest BCUT2D eigenvalue weighted by molar-refractivity contribution is 5.37. The molecule has 0 aliphatic carbocycles. The van der Waals surface area contributed by atoms with Gasteiger partial charge in [-0.1, -0.05) is 18.2 Å². The number of nitrogens with zero attached hydrogens (tertiary/aromatic N) is 1. The van der Waals surface area contributed by atoms with Crippen LogP contribution >= 0.6 is 0 Å². The quantitative estimate of drug-likeness (QED) is 0.775. The van der Waals surface area contributed by atoms with Crippen molar-refractivity contribution in [1.82, 2.24) is 10.2 Å². The minimum atomic E-state index is 0.291. The molecule has 0 radical (unpaired) electrons. The summed E-state index contributed by atoms with van der Waals surface area (Å²) in [6.07, 6.45) is 1.32. The number of ether oxygens (including phenoxy) is 1. The lowest BCUT2D eigenvalue weighted by Gasteiger charge is -2.30. The van der Waals surface area contributed by atoms with Crippen molar-refractivity contribution < 1.29 is 4.74 Å². The van der Waals surface area contributed by atoms with Crippen LogP contribution in [0, 0.1) is 0 Å². The van der Waals surface area contributed by atoms with Gasteiger partial charge in [0.2, 0.25) is 0 Å². The van der Waals surface area contributed by atoms with Crippen LogP contribution < -0.4 is 10.1 Å². The normalized spacial score (nSPS) is 17.9. The predicted molar refractivity (Wildman–Crippen MR) is 84.4 cm³/mol. The van der Waals surface area contributed by atoms with Gasteiger partial charge in [0.25, 0.3) is 0 Å². The molecule has 3 nitrogen and oxygen atoms in total. The Morgan fingerprint density at radius 3 is 2.55 bits per heavy atom. The molecule has 1 unspecified atom stereocenters. The minimum absolute atomic E-state index is 0.291. The van der Waals surface area contributed by atoms with Gasteiger partial charge in [-0.25, -0.2) is 0 Å². The van der Waals surface area contributed by atoms with Gasteiger partial charge in [-0.15, -0.1) is 0 Å². The highest BCUT2D eigenvalue weighted by Crippen LogP contribution is 2.27. The summed E-state index contributed by atoms with van der Waals surface area (Å²) in [4.78, 5) is 2.51. The Balaban J connectivity index is 1.68. The molecule has 2 rings (SSSR count). The Bertz CT molecular complexity index is 384. The van der Waals surface area contributed by atoms with Gasteiger partial charge in [0.1, 0.15) is 11.9 Å². The third kappa shape index (κ3) is 3.97. The zero-order valence-electron chi connectivity index (χ0n) is 13.2. The van der Waals surface area contributed by atoms with Crippen molar-refractivity contribution in [3.63, 3.8) is 0 Å². The fourth-order valence-corrected chi connectivity index (χ4v) is 2.95. The van der Waals surface area contributed by atoms with Crippen LogP contribution in [0.15, 0.2) is 24.3 Å². The first-order valence-electron chi connectivity index (χ1n) is 7.79. The van der Waals surface area contributed by atoms with E-state index in [1.165, 1.54) is 5.56 Å². The second kappa shape index (κ2) is 7.09. The molecule has 1 aliphatic rings. The van der Waals surface area contributed by atoms with Crippen molar-refractivity contribution in [1.29, 1.82) is 0 Å². The van der Waals surface area contributed by atoms with Crippen molar-refractivity contribution in [2.24, 2.45) is 0 Å². The molecule has 112 valence electrons. The van der Waals surface area contributed by atoms with E-state index >= 15 is 0 Å². The molecule has 3 heteroatoms. The molecule has 0 aromatic heterocycles. The smallest absolute Gasteiger partial charge is 0.123 e. The number of para-hydroxylation sites is 1. The van der Waals surface area contributed by atoms with E-state index in [0.717, 1.165) is 31.8 Å². The molecule has 0 saturated carbocycles. The van der Waals surface area contributed by atoms with Crippen molar-refractivity contribution in [3.05, 3.63) is 29.8 Å². The molecule has 1 aromatic rings. The summed E-state index contributed by atoms with van der Waals surface area (Å²) in [6, 6.07) is 9.55. The molecule has 1 atom stereocenters. The molecular weight excluding hydrogens is 248 g/mol. The average molecular weight is 276 g/mol. The second-order valence-electron chi connectivity index (χ2n) is 6.18. The molecular formula is C17H28N2O. The fourth-order valence-electron chi connectivity index (χ4n) is 2.95. The lowest BCUT2D eigenvalue weighted by molar-refractivity contribution is 0.170. The van der Waals surface area contributed by atoms with Crippen LogP contribution in [0.4, 0.5) is 0 Å². The van der Waals surface area contributed by atoms with Crippen LogP contribution in [0.3, 0.4) is 0 Å². The Hall–Kier alpha value is -1.06. The predicted octanol–water partition coefficient (Wildman–Crippen LogP) is 2.70. The van der Waals surface area contributed by atoms with Gasteiger partial charge in [-0.2, -0.15) is 0 Å². The number of benzene rings is 1. The van der Waals surface area contributed by atoms with E-state index in [-0.39, 0.29) is 0 Å². The summed E-state index contributed by atoms with van der Waals surface area (Å²) >= 11 is 0. The van der Waals surface area contributed by atoms with Gasteiger partial charge in [0, 0.05) is 38.1 Å². The molecule has 0 amide bonds. The molecule has 1 aliphatic heterocycles. The van der Waals surface area contributed by atoms with Gasteiger partial charge in [0.05, 0.1) is 0 Å². The molecule has 0 saturated heterocycles. The SMILES string of the molecule is CC(C)N(CCNCC1Cc2ccccc2O1)C(C)C. The third-order valence-electron chi connectivity index (χ3n) is 3.96. The summed E-state index contributed by atoms with van der Waals surface area (Å²) in [5.74, 6) is 1.06. The van der Waals surface area contributed by atoms with E-state index in [9.17, 15) is 0 Å². The Kier molecular flexibility index (Phi) is 5.44. The summed E-state index contributed by atoms with van der Waals surface area (Å²) in [5, 5.41) is 3.54. The van der Waals surface area contributed by atoms with Crippen LogP contribution in [0.2, 0.25) is 0 Å². The Morgan fingerprint density at radius 2 is 1.90 bits per heavy atom. The topological polar surface area (TPSA) is 24.5 Å². The van der Waals surface area contributed by atoms with Crippen molar-refractivity contribution >= 4 is 0 Å². The van der Waals surface area contributed by atoms with Crippen LogP contribution in [-0.2, 0) is 6.42 Å². The van der Waals surface area contributed by atoms with Gasteiger partial charge in [-0.3, -0.25) is 4.90 Å². The van der Waals surface area contributed by atoms with Crippen molar-refractivity contribution in [2.75, 3.05) is 19.6 Å². The van der Waals surface area contributed by atoms with Crippen LogP contribution in [0.25, 0.3) is 0 Å². The highest BCUT2D eigenvalue weighted by Gasteiger charge is 2.21. The Morgan fingerprint density at radius 1 is 1.20 bits per heavy atom. The number of rotatable bonds is 7. The van der Waals surface area contributed by atoms with Crippen molar-refractivity contribution in [2.45, 2.75) is 52.3 Å². The Labute approximate surface area is 123 Å². The molecule has 0 spiro atoms. The highest BCUT2D eigenvalue weighted by atomic mass is 16.5. The maximum absolute atomic E-state index is 5.93. The molecule has 1 aromatic carbocycles. The first-order valence-corrected chi connectivity index (χ1v) is 7.79. The fraction of sp³-hybridized carbons (Fsp3) is 0.647. The molecule has 20 heavy (non-hydrogen) atoms. The van der Waals surface area contributed by atoms with Crippen LogP contribution in [-0.4, -0.2) is 42.7 Å². The van der Waals surface area contributed by atoms with E-state index in [0.29, 0.717) is 18.2 Å². The first kappa shape index (κ1) is 15.3. The van der Waals surface area contributed by atoms with E-state index in [1.807, 2.05) is 6.07 Å². The lowest BCUT2D eigenvalue weighted by Crippen LogP contribution is -2.42. The van der Waals surface area contributed by atoms with Gasteiger partial charge >= 0.3 is 0 Å². The van der Waals surface area contributed by atoms with Crippen LogP contribution in [0.1, 0.15) is 33.3 Å². The molecule has 1 heterocycles. The zero-order chi connectivity index (χ0) is 14.5. The number of hydrogen-bond acceptors (Lipinski definition) is 3. The zero-order valence-corrected chi connectivity index (χ0v) is 13.2.